The van der Waals surface area contributed by atoms with Crippen LogP contribution in [0.5, 0.6) is 0 Å². The van der Waals surface area contributed by atoms with Crippen molar-refractivity contribution in [1.82, 2.24) is 5.32 Å². The highest BCUT2D eigenvalue weighted by Crippen LogP contribution is 2.30. The Hall–Kier alpha value is -0.610. The lowest BCUT2D eigenvalue weighted by atomic mass is 9.79. The minimum atomic E-state index is -0.559. The van der Waals surface area contributed by atoms with Gasteiger partial charge in [0, 0.05) is 13.0 Å². The van der Waals surface area contributed by atoms with Crippen molar-refractivity contribution in [2.75, 3.05) is 13.7 Å². The summed E-state index contributed by atoms with van der Waals surface area (Å²) >= 11 is 0. The van der Waals surface area contributed by atoms with Crippen LogP contribution < -0.4 is 11.1 Å². The maximum absolute atomic E-state index is 11.6. The Morgan fingerprint density at radius 3 is 2.67 bits per heavy atom. The summed E-state index contributed by atoms with van der Waals surface area (Å²) in [6.07, 6.45) is 6.03. The largest absolute Gasteiger partial charge is 0.378 e. The number of amides is 1. The third-order valence-corrected chi connectivity index (χ3v) is 4.38. The molecule has 1 rings (SSSR count). The number of nitrogens with two attached hydrogens (primary N) is 1. The van der Waals surface area contributed by atoms with Crippen LogP contribution in [-0.2, 0) is 9.53 Å². The highest BCUT2D eigenvalue weighted by atomic mass is 16.5. The summed E-state index contributed by atoms with van der Waals surface area (Å²) in [6, 6.07) is 0. The van der Waals surface area contributed by atoms with E-state index < -0.39 is 5.54 Å². The Bertz CT molecular complexity index is 267. The number of carbonyl (C=O) groups is 1. The molecule has 2 unspecified atom stereocenters. The van der Waals surface area contributed by atoms with Gasteiger partial charge in [-0.2, -0.15) is 0 Å². The van der Waals surface area contributed by atoms with Gasteiger partial charge in [0.25, 0.3) is 0 Å². The Kier molecular flexibility index (Phi) is 6.09. The third kappa shape index (κ3) is 3.69. The molecule has 1 aliphatic carbocycles. The van der Waals surface area contributed by atoms with Crippen molar-refractivity contribution >= 4 is 5.91 Å². The van der Waals surface area contributed by atoms with Crippen LogP contribution in [0.25, 0.3) is 0 Å². The molecule has 1 amide bonds. The molecule has 0 heterocycles. The number of primary amides is 1. The number of ether oxygens (including phenoxy) is 1. The molecule has 0 aromatic rings. The van der Waals surface area contributed by atoms with Gasteiger partial charge < -0.3 is 15.8 Å². The predicted molar refractivity (Wildman–Crippen MR) is 73.3 cm³/mol. The van der Waals surface area contributed by atoms with E-state index in [1.807, 2.05) is 7.05 Å². The van der Waals surface area contributed by atoms with Gasteiger partial charge in [0.05, 0.1) is 11.6 Å². The fourth-order valence-electron chi connectivity index (χ4n) is 2.74. The molecule has 1 saturated carbocycles. The molecular formula is C14H28N2O2. The van der Waals surface area contributed by atoms with Crippen LogP contribution >= 0.6 is 0 Å². The number of hydrogen-bond acceptors (Lipinski definition) is 3. The van der Waals surface area contributed by atoms with Crippen LogP contribution in [0.15, 0.2) is 0 Å². The van der Waals surface area contributed by atoms with E-state index in [-0.39, 0.29) is 12.0 Å². The molecule has 1 aliphatic rings. The standard InChI is InChI=1S/C14H28N2O2/c1-4-11(5-2)10-18-12-7-6-8-14(9-12,16-3)13(15)17/h11-12,16H,4-10H2,1-3H3,(H2,15,17). The second-order valence-corrected chi connectivity index (χ2v) is 5.43. The third-order valence-electron chi connectivity index (χ3n) is 4.38. The Morgan fingerprint density at radius 1 is 1.50 bits per heavy atom. The molecule has 0 spiro atoms. The lowest BCUT2D eigenvalue weighted by Gasteiger charge is -2.38. The van der Waals surface area contributed by atoms with E-state index in [4.69, 9.17) is 10.5 Å². The van der Waals surface area contributed by atoms with Gasteiger partial charge in [0.2, 0.25) is 5.91 Å². The normalized spacial score (nSPS) is 28.6. The summed E-state index contributed by atoms with van der Waals surface area (Å²) in [5, 5.41) is 3.11. The fraction of sp³-hybridized carbons (Fsp3) is 0.929. The number of nitrogens with one attached hydrogen (secondary N) is 1. The molecule has 0 bridgehead atoms. The lowest BCUT2D eigenvalue weighted by Crippen LogP contribution is -2.57. The summed E-state index contributed by atoms with van der Waals surface area (Å²) in [6.45, 7) is 5.19. The molecule has 0 aromatic heterocycles. The Balaban J connectivity index is 2.50. The number of carbonyl (C=O) groups excluding carboxylic acids is 1. The monoisotopic (exact) mass is 256 g/mol. The first-order chi connectivity index (χ1) is 8.57. The quantitative estimate of drug-likeness (QED) is 0.730. The molecule has 0 aliphatic heterocycles. The van der Waals surface area contributed by atoms with Crippen molar-refractivity contribution in [3.63, 3.8) is 0 Å². The highest BCUT2D eigenvalue weighted by Gasteiger charge is 2.40. The van der Waals surface area contributed by atoms with Crippen LogP contribution in [0.2, 0.25) is 0 Å². The molecular weight excluding hydrogens is 228 g/mol. The van der Waals surface area contributed by atoms with Crippen LogP contribution in [0, 0.1) is 5.92 Å². The van der Waals surface area contributed by atoms with Crippen molar-refractivity contribution < 1.29 is 9.53 Å². The van der Waals surface area contributed by atoms with Gasteiger partial charge in [-0.15, -0.1) is 0 Å². The van der Waals surface area contributed by atoms with Gasteiger partial charge in [0.1, 0.15) is 0 Å². The van der Waals surface area contributed by atoms with Crippen molar-refractivity contribution in [3.05, 3.63) is 0 Å². The molecule has 1 fully saturated rings. The topological polar surface area (TPSA) is 64.3 Å². The number of hydrogen-bond donors (Lipinski definition) is 2. The van der Waals surface area contributed by atoms with Gasteiger partial charge in [-0.3, -0.25) is 4.79 Å². The van der Waals surface area contributed by atoms with Crippen LogP contribution in [-0.4, -0.2) is 31.2 Å². The number of rotatable bonds is 7. The maximum Gasteiger partial charge on any atom is 0.237 e. The minimum absolute atomic E-state index is 0.166. The van der Waals surface area contributed by atoms with E-state index in [1.54, 1.807) is 0 Å². The smallest absolute Gasteiger partial charge is 0.237 e. The zero-order valence-corrected chi connectivity index (χ0v) is 12.0. The first-order valence-corrected chi connectivity index (χ1v) is 7.18. The molecule has 18 heavy (non-hydrogen) atoms. The van der Waals surface area contributed by atoms with Crippen LogP contribution in [0.1, 0.15) is 52.4 Å². The van der Waals surface area contributed by atoms with E-state index in [1.165, 1.54) is 0 Å². The van der Waals surface area contributed by atoms with Crippen LogP contribution in [0.4, 0.5) is 0 Å². The van der Waals surface area contributed by atoms with E-state index in [9.17, 15) is 4.79 Å². The molecule has 0 aromatic carbocycles. The van der Waals surface area contributed by atoms with E-state index >= 15 is 0 Å². The lowest BCUT2D eigenvalue weighted by molar-refractivity contribution is -0.128. The molecule has 0 radical (unpaired) electrons. The first-order valence-electron chi connectivity index (χ1n) is 7.18. The zero-order chi connectivity index (χ0) is 13.6. The average molecular weight is 256 g/mol. The second kappa shape index (κ2) is 7.10. The van der Waals surface area contributed by atoms with Gasteiger partial charge in [-0.05, 0) is 32.2 Å². The van der Waals surface area contributed by atoms with Crippen molar-refractivity contribution in [2.45, 2.75) is 64.0 Å². The van der Waals surface area contributed by atoms with E-state index in [0.717, 1.165) is 38.7 Å². The van der Waals surface area contributed by atoms with Crippen molar-refractivity contribution in [3.8, 4) is 0 Å². The minimum Gasteiger partial charge on any atom is -0.378 e. The molecule has 2 atom stereocenters. The Labute approximate surface area is 111 Å². The Morgan fingerprint density at radius 2 is 2.17 bits per heavy atom. The molecule has 4 heteroatoms. The SMILES string of the molecule is CCC(CC)COC1CCCC(NC)(C(N)=O)C1. The zero-order valence-electron chi connectivity index (χ0n) is 12.0. The average Bonchev–Trinajstić information content (AvgIpc) is 2.40. The molecule has 106 valence electrons. The van der Waals surface area contributed by atoms with Gasteiger partial charge >= 0.3 is 0 Å². The van der Waals surface area contributed by atoms with E-state index in [2.05, 4.69) is 19.2 Å². The molecule has 0 saturated heterocycles. The molecule has 4 nitrogen and oxygen atoms in total. The van der Waals surface area contributed by atoms with Gasteiger partial charge in [0.15, 0.2) is 0 Å². The molecule has 3 N–H and O–H groups in total. The summed E-state index contributed by atoms with van der Waals surface area (Å²) in [5.74, 6) is 0.380. The van der Waals surface area contributed by atoms with E-state index in [0.29, 0.717) is 12.3 Å². The van der Waals surface area contributed by atoms with Gasteiger partial charge in [-0.25, -0.2) is 0 Å². The van der Waals surface area contributed by atoms with Crippen molar-refractivity contribution in [1.29, 1.82) is 0 Å². The fourth-order valence-corrected chi connectivity index (χ4v) is 2.74. The number of likely N-dealkylation sites (N-methyl/N-ethyl adjacent to an activating group) is 1. The summed E-state index contributed by atoms with van der Waals surface area (Å²) in [4.78, 5) is 11.6. The van der Waals surface area contributed by atoms with Crippen LogP contribution in [0.3, 0.4) is 0 Å². The summed E-state index contributed by atoms with van der Waals surface area (Å²) in [7, 11) is 1.81. The summed E-state index contributed by atoms with van der Waals surface area (Å²) in [5.41, 5.74) is 4.97. The van der Waals surface area contributed by atoms with Crippen molar-refractivity contribution in [2.24, 2.45) is 11.7 Å². The second-order valence-electron chi connectivity index (χ2n) is 5.43. The highest BCUT2D eigenvalue weighted by molar-refractivity contribution is 5.84. The maximum atomic E-state index is 11.6. The summed E-state index contributed by atoms with van der Waals surface area (Å²) < 4.78 is 5.99. The predicted octanol–water partition coefficient (Wildman–Crippen LogP) is 1.83. The van der Waals surface area contributed by atoms with Gasteiger partial charge in [-0.1, -0.05) is 26.7 Å². The first kappa shape index (κ1) is 15.4.